The second-order valence-corrected chi connectivity index (χ2v) is 4.50. The molecule has 1 aliphatic rings. The number of ether oxygens (including phenoxy) is 1. The van der Waals surface area contributed by atoms with E-state index in [0.29, 0.717) is 18.2 Å². The minimum atomic E-state index is -0.409. The van der Waals surface area contributed by atoms with Crippen LogP contribution < -0.4 is 15.4 Å². The lowest BCUT2D eigenvalue weighted by Crippen LogP contribution is -2.38. The lowest BCUT2D eigenvalue weighted by molar-refractivity contribution is 0.253. The number of benzene rings is 1. The van der Waals surface area contributed by atoms with Crippen LogP contribution in [0.25, 0.3) is 0 Å². The van der Waals surface area contributed by atoms with Gasteiger partial charge in [0.2, 0.25) is 0 Å². The largest absolute Gasteiger partial charge is 0.496 e. The van der Waals surface area contributed by atoms with Crippen LogP contribution in [0.15, 0.2) is 12.1 Å². The average Bonchev–Trinajstić information content (AvgIpc) is 2.48. The molecule has 4 nitrogen and oxygen atoms in total. The van der Waals surface area contributed by atoms with E-state index in [1.807, 2.05) is 12.1 Å². The first-order valence-electron chi connectivity index (χ1n) is 5.77. The number of hydrogen-bond acceptors (Lipinski definition) is 2. The molecule has 0 saturated carbocycles. The molecule has 2 amide bonds. The van der Waals surface area contributed by atoms with Gasteiger partial charge in [-0.2, -0.15) is 0 Å². The number of methoxy groups -OCH3 is 1. The Bertz CT molecular complexity index is 431. The highest BCUT2D eigenvalue weighted by atomic mass is 16.5. The van der Waals surface area contributed by atoms with Crippen LogP contribution in [0, 0.1) is 12.0 Å². The van der Waals surface area contributed by atoms with Crippen molar-refractivity contribution >= 4 is 11.7 Å². The SMILES string of the molecule is COc1[c]cc2c(c1)N(C(N)=O)CC(C)CC2. The third-order valence-corrected chi connectivity index (χ3v) is 3.16. The molecule has 1 aliphatic heterocycles. The summed E-state index contributed by atoms with van der Waals surface area (Å²) in [6.45, 7) is 2.79. The smallest absolute Gasteiger partial charge is 0.319 e. The van der Waals surface area contributed by atoms with Crippen LogP contribution in [0.5, 0.6) is 5.75 Å². The third kappa shape index (κ3) is 2.35. The number of anilines is 1. The summed E-state index contributed by atoms with van der Waals surface area (Å²) < 4.78 is 5.14. The molecule has 0 bridgehead atoms. The van der Waals surface area contributed by atoms with Gasteiger partial charge in [-0.3, -0.25) is 4.90 Å². The molecule has 2 N–H and O–H groups in total. The number of nitrogens with two attached hydrogens (primary N) is 1. The molecule has 91 valence electrons. The Balaban J connectivity index is 2.45. The van der Waals surface area contributed by atoms with Gasteiger partial charge in [0.15, 0.2) is 0 Å². The first-order valence-corrected chi connectivity index (χ1v) is 5.77. The maximum atomic E-state index is 11.5. The molecular formula is C13H17N2O2. The number of amides is 2. The van der Waals surface area contributed by atoms with Crippen molar-refractivity contribution in [2.45, 2.75) is 19.8 Å². The normalized spacial score (nSPS) is 19.4. The molecule has 1 aromatic carbocycles. The summed E-state index contributed by atoms with van der Waals surface area (Å²) in [6.07, 6.45) is 2.00. The van der Waals surface area contributed by atoms with E-state index >= 15 is 0 Å². The van der Waals surface area contributed by atoms with E-state index in [-0.39, 0.29) is 0 Å². The lowest BCUT2D eigenvalue weighted by Gasteiger charge is -2.22. The zero-order valence-electron chi connectivity index (χ0n) is 10.2. The summed E-state index contributed by atoms with van der Waals surface area (Å²) in [5.74, 6) is 1.07. The fourth-order valence-electron chi connectivity index (χ4n) is 2.17. The molecule has 1 atom stereocenters. The third-order valence-electron chi connectivity index (χ3n) is 3.16. The van der Waals surface area contributed by atoms with Gasteiger partial charge in [0.05, 0.1) is 12.8 Å². The van der Waals surface area contributed by atoms with E-state index in [1.54, 1.807) is 12.0 Å². The quantitative estimate of drug-likeness (QED) is 0.806. The zero-order chi connectivity index (χ0) is 12.4. The summed E-state index contributed by atoms with van der Waals surface area (Å²) in [6, 6.07) is 6.36. The van der Waals surface area contributed by atoms with Gasteiger partial charge in [-0.05, 0) is 30.4 Å². The van der Waals surface area contributed by atoms with Crippen molar-refractivity contribution < 1.29 is 9.53 Å². The maximum Gasteiger partial charge on any atom is 0.319 e. The number of rotatable bonds is 1. The highest BCUT2D eigenvalue weighted by molar-refractivity contribution is 5.92. The van der Waals surface area contributed by atoms with Crippen LogP contribution in [0.2, 0.25) is 0 Å². The van der Waals surface area contributed by atoms with Crippen LogP contribution in [-0.2, 0) is 6.42 Å². The van der Waals surface area contributed by atoms with Crippen LogP contribution >= 0.6 is 0 Å². The predicted octanol–water partition coefficient (Wildman–Crippen LogP) is 1.96. The lowest BCUT2D eigenvalue weighted by atomic mass is 10.0. The molecule has 1 radical (unpaired) electrons. The Morgan fingerprint density at radius 2 is 2.41 bits per heavy atom. The molecule has 4 heteroatoms. The molecule has 2 rings (SSSR count). The Labute approximate surface area is 101 Å². The molecule has 0 fully saturated rings. The number of primary amides is 1. The van der Waals surface area contributed by atoms with Crippen molar-refractivity contribution in [3.05, 3.63) is 23.8 Å². The van der Waals surface area contributed by atoms with Crippen molar-refractivity contribution in [3.63, 3.8) is 0 Å². The number of carbonyl (C=O) groups excluding carboxylic acids is 1. The van der Waals surface area contributed by atoms with E-state index in [2.05, 4.69) is 13.0 Å². The number of urea groups is 1. The van der Waals surface area contributed by atoms with Gasteiger partial charge in [-0.25, -0.2) is 4.79 Å². The second-order valence-electron chi connectivity index (χ2n) is 4.50. The maximum absolute atomic E-state index is 11.5. The molecular weight excluding hydrogens is 216 g/mol. The van der Waals surface area contributed by atoms with Gasteiger partial charge in [-0.1, -0.05) is 6.92 Å². The molecule has 0 aliphatic carbocycles. The Kier molecular flexibility index (Phi) is 3.22. The number of nitrogens with zero attached hydrogens (tertiary/aromatic N) is 1. The van der Waals surface area contributed by atoms with Crippen LogP contribution in [0.3, 0.4) is 0 Å². The topological polar surface area (TPSA) is 55.6 Å². The van der Waals surface area contributed by atoms with Gasteiger partial charge in [0.25, 0.3) is 0 Å². The first kappa shape index (κ1) is 11.8. The second kappa shape index (κ2) is 4.65. The van der Waals surface area contributed by atoms with Crippen molar-refractivity contribution in [1.82, 2.24) is 0 Å². The monoisotopic (exact) mass is 233 g/mol. The number of aryl methyl sites for hydroxylation is 1. The highest BCUT2D eigenvalue weighted by Gasteiger charge is 2.23. The Morgan fingerprint density at radius 1 is 1.65 bits per heavy atom. The summed E-state index contributed by atoms with van der Waals surface area (Å²) >= 11 is 0. The van der Waals surface area contributed by atoms with E-state index in [0.717, 1.165) is 24.1 Å². The van der Waals surface area contributed by atoms with E-state index < -0.39 is 6.03 Å². The van der Waals surface area contributed by atoms with E-state index in [1.165, 1.54) is 0 Å². The standard InChI is InChI=1S/C13H17N2O2/c1-9-3-4-10-5-6-11(17-2)7-12(10)15(8-9)13(14)16/h5,7,9H,3-4,8H2,1-2H3,(H2,14,16). The fraction of sp³-hybridized carbons (Fsp3) is 0.462. The minimum absolute atomic E-state index is 0.409. The Morgan fingerprint density at radius 3 is 3.06 bits per heavy atom. The number of fused-ring (bicyclic) bond motifs is 1. The van der Waals surface area contributed by atoms with E-state index in [4.69, 9.17) is 10.5 Å². The molecule has 1 unspecified atom stereocenters. The van der Waals surface area contributed by atoms with Crippen LogP contribution in [-0.4, -0.2) is 19.7 Å². The molecule has 1 aromatic rings. The van der Waals surface area contributed by atoms with Crippen molar-refractivity contribution in [3.8, 4) is 5.75 Å². The molecule has 1 heterocycles. The molecule has 0 saturated heterocycles. The van der Waals surface area contributed by atoms with Gasteiger partial charge in [0, 0.05) is 18.7 Å². The Hall–Kier alpha value is -1.71. The number of carbonyl (C=O) groups is 1. The van der Waals surface area contributed by atoms with Crippen molar-refractivity contribution in [2.75, 3.05) is 18.6 Å². The van der Waals surface area contributed by atoms with Gasteiger partial charge in [0.1, 0.15) is 5.75 Å². The van der Waals surface area contributed by atoms with Crippen LogP contribution in [0.4, 0.5) is 10.5 Å². The molecule has 0 aromatic heterocycles. The minimum Gasteiger partial charge on any atom is -0.496 e. The van der Waals surface area contributed by atoms with E-state index in [9.17, 15) is 4.79 Å². The highest BCUT2D eigenvalue weighted by Crippen LogP contribution is 2.31. The predicted molar refractivity (Wildman–Crippen MR) is 66.2 cm³/mol. The molecule has 17 heavy (non-hydrogen) atoms. The zero-order valence-corrected chi connectivity index (χ0v) is 10.2. The van der Waals surface area contributed by atoms with Crippen LogP contribution in [0.1, 0.15) is 18.9 Å². The van der Waals surface area contributed by atoms with Gasteiger partial charge >= 0.3 is 6.03 Å². The average molecular weight is 233 g/mol. The molecule has 0 spiro atoms. The first-order chi connectivity index (χ1) is 8.11. The van der Waals surface area contributed by atoms with Crippen molar-refractivity contribution in [2.24, 2.45) is 11.7 Å². The fourth-order valence-corrected chi connectivity index (χ4v) is 2.17. The summed E-state index contributed by atoms with van der Waals surface area (Å²) in [5.41, 5.74) is 7.41. The van der Waals surface area contributed by atoms with Crippen molar-refractivity contribution in [1.29, 1.82) is 0 Å². The summed E-state index contributed by atoms with van der Waals surface area (Å²) in [7, 11) is 1.59. The van der Waals surface area contributed by atoms with Gasteiger partial charge in [-0.15, -0.1) is 0 Å². The number of hydrogen-bond donors (Lipinski definition) is 1. The summed E-state index contributed by atoms with van der Waals surface area (Å²) in [5, 5.41) is 0. The summed E-state index contributed by atoms with van der Waals surface area (Å²) in [4.78, 5) is 13.1. The van der Waals surface area contributed by atoms with Gasteiger partial charge < -0.3 is 10.5 Å².